The summed E-state index contributed by atoms with van der Waals surface area (Å²) in [5.41, 5.74) is 0.927. The Hall–Kier alpha value is -2.38. The van der Waals surface area contributed by atoms with Crippen LogP contribution in [0.15, 0.2) is 6.07 Å². The molecule has 3 rings (SSSR count). The number of carbonyl (C=O) groups is 2. The number of carbonyl (C=O) groups excluding carboxylic acids is 2. The van der Waals surface area contributed by atoms with E-state index in [0.29, 0.717) is 31.9 Å². The second-order valence-corrected chi connectivity index (χ2v) is 6.62. The number of amides is 2. The summed E-state index contributed by atoms with van der Waals surface area (Å²) in [5, 5.41) is 8.66. The SMILES string of the molecule is Cc1cc(N2CCCCC2)nc(NCCNC(=O)C2CCC(=O)N2)n1. The minimum absolute atomic E-state index is 0.0586. The largest absolute Gasteiger partial charge is 0.356 e. The van der Waals surface area contributed by atoms with Crippen molar-refractivity contribution in [2.45, 2.75) is 45.1 Å². The predicted octanol–water partition coefficient (Wildman–Crippen LogP) is 0.582. The van der Waals surface area contributed by atoms with Crippen LogP contribution < -0.4 is 20.9 Å². The Balaban J connectivity index is 1.47. The summed E-state index contributed by atoms with van der Waals surface area (Å²) in [4.78, 5) is 34.4. The number of aromatic nitrogens is 2. The van der Waals surface area contributed by atoms with Gasteiger partial charge < -0.3 is 20.9 Å². The number of nitrogens with zero attached hydrogens (tertiary/aromatic N) is 3. The third-order valence-electron chi connectivity index (χ3n) is 4.54. The van der Waals surface area contributed by atoms with Crippen LogP contribution in [0.2, 0.25) is 0 Å². The molecule has 25 heavy (non-hydrogen) atoms. The van der Waals surface area contributed by atoms with Gasteiger partial charge in [-0.3, -0.25) is 9.59 Å². The van der Waals surface area contributed by atoms with Gasteiger partial charge in [-0.1, -0.05) is 0 Å². The molecule has 8 nitrogen and oxygen atoms in total. The van der Waals surface area contributed by atoms with Crippen molar-refractivity contribution in [3.63, 3.8) is 0 Å². The minimum atomic E-state index is -0.395. The number of anilines is 2. The van der Waals surface area contributed by atoms with Crippen molar-refractivity contribution in [2.75, 3.05) is 36.4 Å². The van der Waals surface area contributed by atoms with E-state index >= 15 is 0 Å². The molecule has 136 valence electrons. The van der Waals surface area contributed by atoms with E-state index in [4.69, 9.17) is 0 Å². The third-order valence-corrected chi connectivity index (χ3v) is 4.54. The molecule has 1 aromatic heterocycles. The first-order valence-corrected chi connectivity index (χ1v) is 9.03. The maximum Gasteiger partial charge on any atom is 0.242 e. The average Bonchev–Trinajstić information content (AvgIpc) is 3.05. The van der Waals surface area contributed by atoms with Gasteiger partial charge in [-0.2, -0.15) is 4.98 Å². The van der Waals surface area contributed by atoms with Crippen molar-refractivity contribution < 1.29 is 9.59 Å². The lowest BCUT2D eigenvalue weighted by Gasteiger charge is -2.28. The van der Waals surface area contributed by atoms with Crippen LogP contribution in [0.5, 0.6) is 0 Å². The van der Waals surface area contributed by atoms with Crippen molar-refractivity contribution in [3.05, 3.63) is 11.8 Å². The van der Waals surface area contributed by atoms with Crippen LogP contribution in [-0.4, -0.2) is 54.0 Å². The fraction of sp³-hybridized carbons (Fsp3) is 0.647. The molecule has 3 heterocycles. The number of aryl methyl sites for hydroxylation is 1. The molecule has 0 spiro atoms. The molecule has 1 unspecified atom stereocenters. The normalized spacial score (nSPS) is 20.3. The maximum atomic E-state index is 11.9. The molecular formula is C17H26N6O2. The standard InChI is InChI=1S/C17H26N6O2/c1-12-11-14(23-9-3-2-4-10-23)22-17(20-12)19-8-7-18-16(25)13-5-6-15(24)21-13/h11,13H,2-10H2,1H3,(H,18,25)(H,21,24)(H,19,20,22). The smallest absolute Gasteiger partial charge is 0.242 e. The van der Waals surface area contributed by atoms with E-state index in [0.717, 1.165) is 24.6 Å². The Morgan fingerprint density at radius 2 is 2.08 bits per heavy atom. The van der Waals surface area contributed by atoms with Crippen LogP contribution in [0.1, 0.15) is 37.8 Å². The van der Waals surface area contributed by atoms with Crippen molar-refractivity contribution >= 4 is 23.6 Å². The molecular weight excluding hydrogens is 320 g/mol. The van der Waals surface area contributed by atoms with E-state index < -0.39 is 6.04 Å². The summed E-state index contributed by atoms with van der Waals surface area (Å²) in [5.74, 6) is 1.36. The van der Waals surface area contributed by atoms with E-state index in [-0.39, 0.29) is 11.8 Å². The molecule has 1 atom stereocenters. The van der Waals surface area contributed by atoms with Gasteiger partial charge in [0.15, 0.2) is 0 Å². The zero-order valence-electron chi connectivity index (χ0n) is 14.7. The molecule has 1 aromatic rings. The first kappa shape index (κ1) is 17.4. The number of nitrogens with one attached hydrogen (secondary N) is 3. The van der Waals surface area contributed by atoms with E-state index in [1.807, 2.05) is 13.0 Å². The first-order valence-electron chi connectivity index (χ1n) is 9.03. The topological polar surface area (TPSA) is 99.3 Å². The molecule has 0 aliphatic carbocycles. The van der Waals surface area contributed by atoms with E-state index in [1.54, 1.807) is 0 Å². The van der Waals surface area contributed by atoms with Crippen LogP contribution in [0, 0.1) is 6.92 Å². The Kier molecular flexibility index (Phi) is 5.67. The number of hydrogen-bond acceptors (Lipinski definition) is 6. The molecule has 0 bridgehead atoms. The average molecular weight is 346 g/mol. The molecule has 0 aromatic carbocycles. The van der Waals surface area contributed by atoms with Gasteiger partial charge in [0, 0.05) is 44.4 Å². The monoisotopic (exact) mass is 346 g/mol. The Labute approximate surface area is 147 Å². The van der Waals surface area contributed by atoms with E-state index in [1.165, 1.54) is 19.3 Å². The van der Waals surface area contributed by atoms with Crippen molar-refractivity contribution in [3.8, 4) is 0 Å². The Bertz CT molecular complexity index is 630. The lowest BCUT2D eigenvalue weighted by molar-refractivity contribution is -0.125. The quantitative estimate of drug-likeness (QED) is 0.652. The Morgan fingerprint density at radius 3 is 2.80 bits per heavy atom. The Morgan fingerprint density at radius 1 is 1.28 bits per heavy atom. The van der Waals surface area contributed by atoms with Crippen LogP contribution >= 0.6 is 0 Å². The van der Waals surface area contributed by atoms with Gasteiger partial charge in [0.1, 0.15) is 11.9 Å². The van der Waals surface area contributed by atoms with Crippen LogP contribution in [0.4, 0.5) is 11.8 Å². The molecule has 0 radical (unpaired) electrons. The highest BCUT2D eigenvalue weighted by molar-refractivity contribution is 5.90. The summed E-state index contributed by atoms with van der Waals surface area (Å²) in [7, 11) is 0. The van der Waals surface area contributed by atoms with Gasteiger partial charge in [0.05, 0.1) is 0 Å². The van der Waals surface area contributed by atoms with Crippen molar-refractivity contribution in [1.29, 1.82) is 0 Å². The zero-order chi connectivity index (χ0) is 17.6. The molecule has 2 aliphatic heterocycles. The molecule has 0 saturated carbocycles. The minimum Gasteiger partial charge on any atom is -0.356 e. The van der Waals surface area contributed by atoms with Crippen molar-refractivity contribution in [2.24, 2.45) is 0 Å². The van der Waals surface area contributed by atoms with Gasteiger partial charge in [-0.25, -0.2) is 4.98 Å². The zero-order valence-corrected chi connectivity index (χ0v) is 14.7. The van der Waals surface area contributed by atoms with Gasteiger partial charge >= 0.3 is 0 Å². The summed E-state index contributed by atoms with van der Waals surface area (Å²) in [6, 6.07) is 1.62. The predicted molar refractivity (Wildman–Crippen MR) is 95.5 cm³/mol. The molecule has 2 fully saturated rings. The summed E-state index contributed by atoms with van der Waals surface area (Å²) >= 11 is 0. The number of hydrogen-bond donors (Lipinski definition) is 3. The maximum absolute atomic E-state index is 11.9. The van der Waals surface area contributed by atoms with Crippen molar-refractivity contribution in [1.82, 2.24) is 20.6 Å². The molecule has 2 saturated heterocycles. The summed E-state index contributed by atoms with van der Waals surface area (Å²) in [6.07, 6.45) is 4.68. The van der Waals surface area contributed by atoms with Crippen LogP contribution in [0.25, 0.3) is 0 Å². The lowest BCUT2D eigenvalue weighted by Crippen LogP contribution is -2.43. The number of piperidine rings is 1. The highest BCUT2D eigenvalue weighted by Gasteiger charge is 2.26. The molecule has 3 N–H and O–H groups in total. The highest BCUT2D eigenvalue weighted by Crippen LogP contribution is 2.19. The molecule has 2 amide bonds. The fourth-order valence-electron chi connectivity index (χ4n) is 3.21. The van der Waals surface area contributed by atoms with Gasteiger partial charge in [-0.05, 0) is 32.6 Å². The fourth-order valence-corrected chi connectivity index (χ4v) is 3.21. The van der Waals surface area contributed by atoms with Gasteiger partial charge in [0.25, 0.3) is 0 Å². The first-order chi connectivity index (χ1) is 12.1. The van der Waals surface area contributed by atoms with Crippen LogP contribution in [0.3, 0.4) is 0 Å². The third kappa shape index (κ3) is 4.80. The highest BCUT2D eigenvalue weighted by atomic mass is 16.2. The molecule has 8 heteroatoms. The van der Waals surface area contributed by atoms with E-state index in [2.05, 4.69) is 30.8 Å². The number of rotatable bonds is 6. The second-order valence-electron chi connectivity index (χ2n) is 6.62. The molecule has 2 aliphatic rings. The van der Waals surface area contributed by atoms with E-state index in [9.17, 15) is 9.59 Å². The lowest BCUT2D eigenvalue weighted by atomic mass is 10.1. The van der Waals surface area contributed by atoms with Gasteiger partial charge in [-0.15, -0.1) is 0 Å². The summed E-state index contributed by atoms with van der Waals surface area (Å²) in [6.45, 7) is 5.04. The second kappa shape index (κ2) is 8.13. The summed E-state index contributed by atoms with van der Waals surface area (Å²) < 4.78 is 0. The van der Waals surface area contributed by atoms with Gasteiger partial charge in [0.2, 0.25) is 17.8 Å². The van der Waals surface area contributed by atoms with Crippen LogP contribution in [-0.2, 0) is 9.59 Å².